The number of benzene rings is 1. The highest BCUT2D eigenvalue weighted by atomic mass is 35.5. The summed E-state index contributed by atoms with van der Waals surface area (Å²) >= 11 is 30.8. The monoisotopic (exact) mass is 358 g/mol. The van der Waals surface area contributed by atoms with Gasteiger partial charge >= 0.3 is 0 Å². The van der Waals surface area contributed by atoms with Crippen LogP contribution in [0.2, 0.25) is 25.1 Å². The minimum absolute atomic E-state index is 0.0311. The molecular weight excluding hydrogens is 357 g/mol. The Morgan fingerprint density at radius 3 is 2.17 bits per heavy atom. The van der Waals surface area contributed by atoms with Crippen molar-refractivity contribution in [2.24, 2.45) is 0 Å². The van der Waals surface area contributed by atoms with E-state index < -0.39 is 0 Å². The molecule has 0 saturated carbocycles. The first kappa shape index (κ1) is 14.4. The van der Waals surface area contributed by atoms with Crippen LogP contribution in [0.5, 0.6) is 0 Å². The van der Waals surface area contributed by atoms with Gasteiger partial charge in [0.2, 0.25) is 5.78 Å². The largest absolute Gasteiger partial charge is 0.288 e. The Bertz CT molecular complexity index is 635. The Kier molecular flexibility index (Phi) is 4.48. The van der Waals surface area contributed by atoms with Gasteiger partial charge in [0, 0.05) is 0 Å². The molecule has 2 rings (SSSR count). The molecule has 0 saturated heterocycles. The first-order chi connectivity index (χ1) is 8.43. The Labute approximate surface area is 132 Å². The van der Waals surface area contributed by atoms with Crippen molar-refractivity contribution in [1.82, 2.24) is 0 Å². The van der Waals surface area contributed by atoms with Gasteiger partial charge in [0.1, 0.15) is 0 Å². The second-order valence-corrected chi connectivity index (χ2v) is 6.16. The third-order valence-electron chi connectivity index (χ3n) is 2.16. The Morgan fingerprint density at radius 1 is 0.944 bits per heavy atom. The molecule has 2 aromatic rings. The lowest BCUT2D eigenvalue weighted by Gasteiger charge is -2.08. The topological polar surface area (TPSA) is 17.1 Å². The number of halogens is 5. The molecule has 0 atom stereocenters. The molecule has 0 aliphatic carbocycles. The van der Waals surface area contributed by atoms with E-state index in [4.69, 9.17) is 58.0 Å². The second kappa shape index (κ2) is 5.58. The molecule has 0 unspecified atom stereocenters. The zero-order valence-corrected chi connectivity index (χ0v) is 13.0. The van der Waals surface area contributed by atoms with Crippen LogP contribution in [0.15, 0.2) is 17.5 Å². The maximum atomic E-state index is 12.3. The fraction of sp³-hybridized carbons (Fsp3) is 0. The number of thiophene rings is 1. The van der Waals surface area contributed by atoms with Crippen LogP contribution < -0.4 is 0 Å². The summed E-state index contributed by atoms with van der Waals surface area (Å²) in [5.74, 6) is -0.372. The highest BCUT2D eigenvalue weighted by Gasteiger charge is 2.23. The molecule has 1 aromatic carbocycles. The van der Waals surface area contributed by atoms with Gasteiger partial charge in [-0.3, -0.25) is 4.79 Å². The average molecular weight is 360 g/mol. The summed E-state index contributed by atoms with van der Waals surface area (Å²) in [7, 11) is 0. The van der Waals surface area contributed by atoms with Gasteiger partial charge in [0.05, 0.1) is 35.6 Å². The molecule has 1 aromatic heterocycles. The minimum Gasteiger partial charge on any atom is -0.288 e. The normalized spacial score (nSPS) is 10.7. The molecule has 0 bridgehead atoms. The molecule has 1 heterocycles. The predicted octanol–water partition coefficient (Wildman–Crippen LogP) is 6.25. The van der Waals surface area contributed by atoms with Gasteiger partial charge in [-0.05, 0) is 17.5 Å². The molecule has 0 N–H and O–H groups in total. The SMILES string of the molecule is O=C(c1sccc1Cl)c1c(Cl)cc(Cl)c(Cl)c1Cl. The van der Waals surface area contributed by atoms with Gasteiger partial charge in [-0.25, -0.2) is 0 Å². The Balaban J connectivity index is 2.63. The van der Waals surface area contributed by atoms with E-state index in [0.717, 1.165) is 0 Å². The number of carbonyl (C=O) groups excluding carboxylic acids is 1. The molecule has 0 amide bonds. The number of rotatable bonds is 2. The summed E-state index contributed by atoms with van der Waals surface area (Å²) in [6, 6.07) is 3.00. The van der Waals surface area contributed by atoms with E-state index in [1.807, 2.05) is 0 Å². The Hall–Kier alpha value is 0.0400. The van der Waals surface area contributed by atoms with Gasteiger partial charge in [0.15, 0.2) is 0 Å². The zero-order chi connectivity index (χ0) is 13.4. The Morgan fingerprint density at radius 2 is 1.61 bits per heavy atom. The van der Waals surface area contributed by atoms with Gasteiger partial charge in [-0.15, -0.1) is 11.3 Å². The lowest BCUT2D eigenvalue weighted by atomic mass is 10.1. The molecule has 1 nitrogen and oxygen atoms in total. The van der Waals surface area contributed by atoms with E-state index in [1.54, 1.807) is 11.4 Å². The summed E-state index contributed by atoms with van der Waals surface area (Å²) in [4.78, 5) is 12.6. The van der Waals surface area contributed by atoms with Crippen molar-refractivity contribution in [3.8, 4) is 0 Å². The summed E-state index contributed by atoms with van der Waals surface area (Å²) in [6.45, 7) is 0. The zero-order valence-electron chi connectivity index (χ0n) is 8.44. The first-order valence-corrected chi connectivity index (χ1v) is 7.31. The van der Waals surface area contributed by atoms with Crippen molar-refractivity contribution in [1.29, 1.82) is 0 Å². The fourth-order valence-corrected chi connectivity index (χ4v) is 3.51. The van der Waals surface area contributed by atoms with Crippen LogP contribution in [0.4, 0.5) is 0 Å². The molecule has 0 aliphatic rings. The van der Waals surface area contributed by atoms with Gasteiger partial charge in [-0.2, -0.15) is 0 Å². The first-order valence-electron chi connectivity index (χ1n) is 4.54. The van der Waals surface area contributed by atoms with Crippen molar-refractivity contribution >= 4 is 75.1 Å². The van der Waals surface area contributed by atoms with Crippen LogP contribution in [-0.2, 0) is 0 Å². The fourth-order valence-electron chi connectivity index (χ4n) is 1.34. The minimum atomic E-state index is -0.372. The highest BCUT2D eigenvalue weighted by Crippen LogP contribution is 2.39. The quantitative estimate of drug-likeness (QED) is 0.352. The molecule has 0 radical (unpaired) electrons. The van der Waals surface area contributed by atoms with Crippen LogP contribution in [-0.4, -0.2) is 5.78 Å². The van der Waals surface area contributed by atoms with E-state index in [9.17, 15) is 4.79 Å². The molecule has 18 heavy (non-hydrogen) atoms. The highest BCUT2D eigenvalue weighted by molar-refractivity contribution is 7.13. The van der Waals surface area contributed by atoms with Crippen molar-refractivity contribution < 1.29 is 4.79 Å². The van der Waals surface area contributed by atoms with E-state index >= 15 is 0 Å². The third-order valence-corrected chi connectivity index (χ3v) is 5.07. The summed E-state index contributed by atoms with van der Waals surface area (Å²) in [6.07, 6.45) is 0. The smallest absolute Gasteiger partial charge is 0.207 e. The molecular formula is C11H3Cl5OS. The third kappa shape index (κ3) is 2.51. The summed E-state index contributed by atoms with van der Waals surface area (Å²) in [5, 5.41) is 2.52. The number of carbonyl (C=O) groups is 1. The number of hydrogen-bond acceptors (Lipinski definition) is 2. The molecule has 0 spiro atoms. The van der Waals surface area contributed by atoms with E-state index in [2.05, 4.69) is 0 Å². The predicted molar refractivity (Wildman–Crippen MR) is 79.2 cm³/mol. The molecule has 7 heteroatoms. The van der Waals surface area contributed by atoms with Crippen LogP contribution >= 0.6 is 69.3 Å². The van der Waals surface area contributed by atoms with Crippen LogP contribution in [0.25, 0.3) is 0 Å². The molecule has 94 valence electrons. The summed E-state index contributed by atoms with van der Waals surface area (Å²) in [5.41, 5.74) is 0.108. The molecule has 0 fully saturated rings. The summed E-state index contributed by atoms with van der Waals surface area (Å²) < 4.78 is 0. The van der Waals surface area contributed by atoms with Crippen molar-refractivity contribution in [2.45, 2.75) is 0 Å². The van der Waals surface area contributed by atoms with Gasteiger partial charge in [-0.1, -0.05) is 58.0 Å². The standard InChI is InChI=1S/C11H3Cl5OS/c12-4-1-2-18-11(4)10(17)7-5(13)3-6(14)8(15)9(7)16/h1-3H. The van der Waals surface area contributed by atoms with Gasteiger partial charge < -0.3 is 0 Å². The molecule has 0 aliphatic heterocycles. The van der Waals surface area contributed by atoms with E-state index in [1.165, 1.54) is 17.4 Å². The number of hydrogen-bond donors (Lipinski definition) is 0. The van der Waals surface area contributed by atoms with Gasteiger partial charge in [0.25, 0.3) is 0 Å². The van der Waals surface area contributed by atoms with E-state index in [0.29, 0.717) is 9.90 Å². The van der Waals surface area contributed by atoms with Crippen molar-refractivity contribution in [2.75, 3.05) is 0 Å². The lowest BCUT2D eigenvalue weighted by molar-refractivity contribution is 0.104. The van der Waals surface area contributed by atoms with Crippen LogP contribution in [0.3, 0.4) is 0 Å². The van der Waals surface area contributed by atoms with Crippen LogP contribution in [0.1, 0.15) is 15.2 Å². The average Bonchev–Trinajstić information content (AvgIpc) is 2.72. The van der Waals surface area contributed by atoms with Crippen molar-refractivity contribution in [3.63, 3.8) is 0 Å². The van der Waals surface area contributed by atoms with Crippen LogP contribution in [0, 0.1) is 0 Å². The van der Waals surface area contributed by atoms with Crippen molar-refractivity contribution in [3.05, 3.63) is 53.1 Å². The maximum Gasteiger partial charge on any atom is 0.207 e. The lowest BCUT2D eigenvalue weighted by Crippen LogP contribution is -2.02. The van der Waals surface area contributed by atoms with E-state index in [-0.39, 0.29) is 31.4 Å². The maximum absolute atomic E-state index is 12.3. The number of ketones is 1. The second-order valence-electron chi connectivity index (χ2n) is 3.27.